The number of anilines is 1. The molecule has 4 atom stereocenters. The second-order valence-electron chi connectivity index (χ2n) is 20.0. The molecule has 1 amide bonds. The second kappa shape index (κ2) is 17.7. The summed E-state index contributed by atoms with van der Waals surface area (Å²) in [6.45, 7) is 16.2. The van der Waals surface area contributed by atoms with Crippen molar-refractivity contribution in [1.29, 1.82) is 0 Å². The van der Waals surface area contributed by atoms with Crippen molar-refractivity contribution in [3.8, 4) is 24.1 Å². The van der Waals surface area contributed by atoms with Crippen LogP contribution in [0.25, 0.3) is 10.8 Å². The molecule has 5 aliphatic rings. The number of aromatic hydroxyl groups is 1. The first-order valence-electron chi connectivity index (χ1n) is 23.0. The maximum absolute atomic E-state index is 16.0. The van der Waals surface area contributed by atoms with Crippen molar-refractivity contribution in [3.63, 3.8) is 0 Å². The van der Waals surface area contributed by atoms with Crippen LogP contribution < -0.4 is 10.1 Å². The van der Waals surface area contributed by atoms with Gasteiger partial charge in [0.05, 0.1) is 35.5 Å². The zero-order chi connectivity index (χ0) is 44.0. The van der Waals surface area contributed by atoms with Gasteiger partial charge in [-0.2, -0.15) is 9.97 Å². The molecule has 3 heterocycles. The van der Waals surface area contributed by atoms with Crippen molar-refractivity contribution in [2.75, 3.05) is 51.8 Å². The number of aromatic nitrogens is 2. The van der Waals surface area contributed by atoms with E-state index in [9.17, 15) is 9.90 Å². The van der Waals surface area contributed by atoms with Gasteiger partial charge in [-0.15, -0.1) is 6.42 Å². The number of carbonyl (C=O) groups excluding carboxylic acids is 1. The third-order valence-corrected chi connectivity index (χ3v) is 15.6. The Labute approximate surface area is 366 Å². The zero-order valence-corrected chi connectivity index (χ0v) is 37.4. The van der Waals surface area contributed by atoms with Gasteiger partial charge in [0.2, 0.25) is 5.91 Å². The molecule has 4 fully saturated rings. The number of likely N-dealkylation sites (tertiary alicyclic amines) is 1. The highest BCUT2D eigenvalue weighted by Crippen LogP contribution is 2.49. The lowest BCUT2D eigenvalue weighted by Crippen LogP contribution is -2.61. The number of halogens is 2. The maximum Gasteiger partial charge on any atom is 0.318 e. The molecule has 2 aromatic carbocycles. The van der Waals surface area contributed by atoms with Crippen LogP contribution >= 0.6 is 0 Å². The summed E-state index contributed by atoms with van der Waals surface area (Å²) in [7, 11) is 1.85. The molecular formula is C50H66F2N6O4. The van der Waals surface area contributed by atoms with E-state index in [4.69, 9.17) is 25.9 Å². The molecule has 1 aromatic heterocycles. The molecular weight excluding hydrogens is 787 g/mol. The standard InChI is InChI=1S/C50H66F2N6O4/c1-8-39-42(52)19-13-34-24-38(59)26-41(45(34)39)33-12-18-40-43(25-33)54-47(55-46(40)53-30-49(20-10-11-21-49)56(7)44(60)9-2)62-31-50(48(4,5)6)27-35(51)28-58(50)37-16-14-36(15-17-37)57-22-23-61-29-32(57)3/h1,9,13,19,24,26,32-33,35-37,59H,2,10-12,14-18,20-23,25,27-31H2,3-7H3,(H,53,54,55)/t32-,33-,35+,36?,37?,50-/m0/s1. The molecule has 12 heteroatoms. The fraction of sp³-hybridized carbons (Fsp3) is 0.620. The molecule has 0 bridgehead atoms. The number of nitrogens with zero attached hydrogens (tertiary/aromatic N) is 5. The van der Waals surface area contributed by atoms with Crippen LogP contribution in [0.4, 0.5) is 14.6 Å². The van der Waals surface area contributed by atoms with Crippen LogP contribution in [0.1, 0.15) is 120 Å². The van der Waals surface area contributed by atoms with E-state index < -0.39 is 23.1 Å². The maximum atomic E-state index is 16.0. The lowest BCUT2D eigenvalue weighted by Gasteiger charge is -2.52. The van der Waals surface area contributed by atoms with Crippen molar-refractivity contribution in [2.45, 2.75) is 146 Å². The molecule has 3 aliphatic carbocycles. The van der Waals surface area contributed by atoms with Crippen molar-refractivity contribution >= 4 is 22.5 Å². The van der Waals surface area contributed by atoms with Crippen molar-refractivity contribution in [3.05, 3.63) is 65.1 Å². The Bertz CT molecular complexity index is 2190. The number of fused-ring (bicyclic) bond motifs is 2. The molecule has 0 unspecified atom stereocenters. The Hall–Kier alpha value is -4.31. The summed E-state index contributed by atoms with van der Waals surface area (Å²) in [5.74, 6) is 2.60. The predicted octanol–water partition coefficient (Wildman–Crippen LogP) is 8.34. The van der Waals surface area contributed by atoms with Crippen LogP contribution in [-0.4, -0.2) is 118 Å². The number of phenols is 1. The van der Waals surface area contributed by atoms with E-state index in [-0.39, 0.29) is 47.2 Å². The Morgan fingerprint density at radius 1 is 1.16 bits per heavy atom. The molecule has 3 aromatic rings. The van der Waals surface area contributed by atoms with E-state index in [2.05, 4.69) is 55.3 Å². The van der Waals surface area contributed by atoms with Gasteiger partial charge >= 0.3 is 6.01 Å². The molecule has 2 aliphatic heterocycles. The minimum Gasteiger partial charge on any atom is -0.508 e. The van der Waals surface area contributed by atoms with E-state index in [0.29, 0.717) is 67.4 Å². The van der Waals surface area contributed by atoms with E-state index >= 15 is 8.78 Å². The van der Waals surface area contributed by atoms with Crippen LogP contribution in [0.5, 0.6) is 11.8 Å². The average Bonchev–Trinajstić information content (AvgIpc) is 3.89. The predicted molar refractivity (Wildman–Crippen MR) is 240 cm³/mol. The van der Waals surface area contributed by atoms with Gasteiger partial charge in [-0.3, -0.25) is 14.6 Å². The highest BCUT2D eigenvalue weighted by molar-refractivity contribution is 5.93. The highest BCUT2D eigenvalue weighted by atomic mass is 19.1. The van der Waals surface area contributed by atoms with Crippen LogP contribution in [0, 0.1) is 23.6 Å². The largest absolute Gasteiger partial charge is 0.508 e. The summed E-state index contributed by atoms with van der Waals surface area (Å²) in [6.07, 6.45) is 16.3. The molecule has 2 saturated heterocycles. The number of likely N-dealkylation sites (N-methyl/N-ethyl adjacent to an activating group) is 1. The smallest absolute Gasteiger partial charge is 0.318 e. The molecule has 2 N–H and O–H groups in total. The van der Waals surface area contributed by atoms with Gasteiger partial charge in [0.1, 0.15) is 30.2 Å². The minimum absolute atomic E-state index is 0.0888. The van der Waals surface area contributed by atoms with Crippen LogP contribution in [0.2, 0.25) is 0 Å². The van der Waals surface area contributed by atoms with Crippen molar-refractivity contribution in [1.82, 2.24) is 24.7 Å². The molecule has 2 saturated carbocycles. The number of alkyl halides is 1. The lowest BCUT2D eigenvalue weighted by atomic mass is 9.71. The van der Waals surface area contributed by atoms with Crippen LogP contribution in [0.15, 0.2) is 36.9 Å². The first-order valence-corrected chi connectivity index (χ1v) is 23.0. The normalized spacial score (nSPS) is 28.0. The Morgan fingerprint density at radius 2 is 1.90 bits per heavy atom. The number of nitrogens with one attached hydrogen (secondary N) is 1. The monoisotopic (exact) mass is 853 g/mol. The number of terminal acetylenes is 1. The first kappa shape index (κ1) is 44.3. The Kier molecular flexibility index (Phi) is 12.6. The number of phenolic OH excluding ortho intramolecular Hbond substituents is 1. The molecule has 0 radical (unpaired) electrons. The Morgan fingerprint density at radius 3 is 2.60 bits per heavy atom. The summed E-state index contributed by atoms with van der Waals surface area (Å²) in [5.41, 5.74) is 1.38. The average molecular weight is 853 g/mol. The fourth-order valence-electron chi connectivity index (χ4n) is 12.0. The molecule has 0 spiro atoms. The number of hydrogen-bond acceptors (Lipinski definition) is 9. The van der Waals surface area contributed by atoms with Crippen molar-refractivity contribution in [2.24, 2.45) is 5.41 Å². The lowest BCUT2D eigenvalue weighted by molar-refractivity contribution is -0.129. The zero-order valence-electron chi connectivity index (χ0n) is 37.4. The van der Waals surface area contributed by atoms with Gasteiger partial charge in [0.25, 0.3) is 0 Å². The number of ether oxygens (including phenoxy) is 2. The number of morpholine rings is 1. The SMILES string of the molecule is C#Cc1c(F)ccc2cc(O)cc([C@H]3CCc4c(nc(OC[C@]5(C(C)(C)C)C[C@@H](F)CN5C5CCC(N6CCOC[C@@H]6C)CC5)nc4NCC4(N(C)C(=O)C=C)CCCC4)C3)c12. The molecule has 10 nitrogen and oxygen atoms in total. The van der Waals surface area contributed by atoms with Crippen molar-refractivity contribution < 1.29 is 28.2 Å². The summed E-state index contributed by atoms with van der Waals surface area (Å²) < 4.78 is 43.7. The van der Waals surface area contributed by atoms with Crippen LogP contribution in [-0.2, 0) is 22.4 Å². The summed E-state index contributed by atoms with van der Waals surface area (Å²) in [4.78, 5) is 30.1. The van der Waals surface area contributed by atoms with Gasteiger partial charge in [0, 0.05) is 62.2 Å². The first-order chi connectivity index (χ1) is 29.7. The van der Waals surface area contributed by atoms with E-state index in [1.807, 2.05) is 11.9 Å². The van der Waals surface area contributed by atoms with Gasteiger partial charge in [-0.05, 0) is 111 Å². The topological polar surface area (TPSA) is 103 Å². The van der Waals surface area contributed by atoms with E-state index in [0.717, 1.165) is 87.9 Å². The fourth-order valence-corrected chi connectivity index (χ4v) is 12.0. The van der Waals surface area contributed by atoms with Gasteiger partial charge in [0.15, 0.2) is 0 Å². The van der Waals surface area contributed by atoms with Gasteiger partial charge in [-0.25, -0.2) is 8.78 Å². The van der Waals surface area contributed by atoms with Crippen LogP contribution in [0.3, 0.4) is 0 Å². The molecule has 62 heavy (non-hydrogen) atoms. The number of hydrogen-bond donors (Lipinski definition) is 2. The number of benzene rings is 2. The van der Waals surface area contributed by atoms with E-state index in [1.54, 1.807) is 18.2 Å². The van der Waals surface area contributed by atoms with Gasteiger partial charge < -0.3 is 24.8 Å². The summed E-state index contributed by atoms with van der Waals surface area (Å²) in [6, 6.07) is 7.70. The highest BCUT2D eigenvalue weighted by Gasteiger charge is 2.56. The Balaban J connectivity index is 1.12. The summed E-state index contributed by atoms with van der Waals surface area (Å²) >= 11 is 0. The molecule has 8 rings (SSSR count). The number of amides is 1. The third-order valence-electron chi connectivity index (χ3n) is 15.6. The third kappa shape index (κ3) is 8.30. The number of carbonyl (C=O) groups is 1. The molecule has 334 valence electrons. The van der Waals surface area contributed by atoms with Gasteiger partial charge in [-0.1, -0.05) is 52.2 Å². The summed E-state index contributed by atoms with van der Waals surface area (Å²) in [5, 5.41) is 15.9. The second-order valence-corrected chi connectivity index (χ2v) is 20.0. The minimum atomic E-state index is -0.982. The quantitative estimate of drug-likeness (QED) is 0.146. The number of rotatable bonds is 11. The van der Waals surface area contributed by atoms with E-state index in [1.165, 1.54) is 12.1 Å².